The van der Waals surface area contributed by atoms with E-state index in [1.807, 2.05) is 43.7 Å². The number of imidazole rings is 1. The first-order valence-electron chi connectivity index (χ1n) is 9.03. The zero-order valence-corrected chi connectivity index (χ0v) is 15.2. The molecule has 1 fully saturated rings. The third-order valence-corrected chi connectivity index (χ3v) is 5.25. The van der Waals surface area contributed by atoms with Gasteiger partial charge < -0.3 is 14.3 Å². The highest BCUT2D eigenvalue weighted by Crippen LogP contribution is 2.26. The lowest BCUT2D eigenvalue weighted by atomic mass is 9.96. The number of fused-ring (bicyclic) bond motifs is 1. The Bertz CT molecular complexity index is 975. The SMILES string of the molecule is COc1ccc2[nH]c(=O)c(CN3CCC[C@H](c4nccn4C)C3)cc2c1. The summed E-state index contributed by atoms with van der Waals surface area (Å²) >= 11 is 0. The molecule has 1 N–H and O–H groups in total. The summed E-state index contributed by atoms with van der Waals surface area (Å²) in [4.78, 5) is 22.4. The summed E-state index contributed by atoms with van der Waals surface area (Å²) in [7, 11) is 3.70. The number of methoxy groups -OCH3 is 1. The van der Waals surface area contributed by atoms with Gasteiger partial charge in [-0.15, -0.1) is 0 Å². The first-order chi connectivity index (χ1) is 12.6. The molecule has 6 heteroatoms. The largest absolute Gasteiger partial charge is 0.497 e. The van der Waals surface area contributed by atoms with Crippen molar-refractivity contribution in [3.63, 3.8) is 0 Å². The molecule has 0 aliphatic carbocycles. The number of pyridine rings is 1. The minimum atomic E-state index is -0.0122. The zero-order chi connectivity index (χ0) is 18.1. The minimum Gasteiger partial charge on any atom is -0.497 e. The topological polar surface area (TPSA) is 63.2 Å². The van der Waals surface area contributed by atoms with Gasteiger partial charge >= 0.3 is 0 Å². The molecule has 1 aliphatic heterocycles. The second-order valence-electron chi connectivity index (χ2n) is 7.05. The van der Waals surface area contributed by atoms with Gasteiger partial charge in [0.25, 0.3) is 5.56 Å². The predicted octanol–water partition coefficient (Wildman–Crippen LogP) is 2.65. The normalized spacial score (nSPS) is 18.3. The van der Waals surface area contributed by atoms with Gasteiger partial charge in [-0.3, -0.25) is 9.69 Å². The van der Waals surface area contributed by atoms with E-state index in [9.17, 15) is 4.79 Å². The van der Waals surface area contributed by atoms with Crippen molar-refractivity contribution >= 4 is 10.9 Å². The fourth-order valence-corrected chi connectivity index (χ4v) is 3.90. The number of benzene rings is 1. The lowest BCUT2D eigenvalue weighted by Gasteiger charge is -2.32. The molecule has 0 radical (unpaired) electrons. The van der Waals surface area contributed by atoms with Crippen molar-refractivity contribution < 1.29 is 4.74 Å². The first-order valence-corrected chi connectivity index (χ1v) is 9.03. The average molecular weight is 352 g/mol. The van der Waals surface area contributed by atoms with Crippen LogP contribution < -0.4 is 10.3 Å². The number of aromatic amines is 1. The molecule has 26 heavy (non-hydrogen) atoms. The smallest absolute Gasteiger partial charge is 0.252 e. The van der Waals surface area contributed by atoms with E-state index in [1.165, 1.54) is 0 Å². The van der Waals surface area contributed by atoms with E-state index in [0.29, 0.717) is 12.5 Å². The van der Waals surface area contributed by atoms with Crippen LogP contribution in [0.4, 0.5) is 0 Å². The van der Waals surface area contributed by atoms with Crippen LogP contribution in [0.3, 0.4) is 0 Å². The fraction of sp³-hybridized carbons (Fsp3) is 0.400. The van der Waals surface area contributed by atoms with E-state index >= 15 is 0 Å². The Morgan fingerprint density at radius 2 is 2.23 bits per heavy atom. The third kappa shape index (κ3) is 3.24. The Morgan fingerprint density at radius 1 is 1.35 bits per heavy atom. The Balaban J connectivity index is 1.57. The minimum absolute atomic E-state index is 0.0122. The van der Waals surface area contributed by atoms with Crippen LogP contribution in [0.5, 0.6) is 5.75 Å². The second-order valence-corrected chi connectivity index (χ2v) is 7.05. The van der Waals surface area contributed by atoms with Gasteiger partial charge in [0.2, 0.25) is 0 Å². The summed E-state index contributed by atoms with van der Waals surface area (Å²) in [6, 6.07) is 7.69. The zero-order valence-electron chi connectivity index (χ0n) is 15.2. The maximum Gasteiger partial charge on any atom is 0.252 e. The van der Waals surface area contributed by atoms with E-state index in [1.54, 1.807) is 7.11 Å². The van der Waals surface area contributed by atoms with Gasteiger partial charge in [-0.2, -0.15) is 0 Å². The van der Waals surface area contributed by atoms with Gasteiger partial charge in [-0.05, 0) is 43.7 Å². The highest BCUT2D eigenvalue weighted by molar-refractivity contribution is 5.80. The number of rotatable bonds is 4. The van der Waals surface area contributed by atoms with E-state index < -0.39 is 0 Å². The molecule has 0 amide bonds. The van der Waals surface area contributed by atoms with Gasteiger partial charge in [-0.25, -0.2) is 4.98 Å². The van der Waals surface area contributed by atoms with Crippen LogP contribution in [0.2, 0.25) is 0 Å². The summed E-state index contributed by atoms with van der Waals surface area (Å²) in [6.45, 7) is 2.60. The highest BCUT2D eigenvalue weighted by Gasteiger charge is 2.24. The van der Waals surface area contributed by atoms with Crippen LogP contribution in [0, 0.1) is 0 Å². The standard InChI is InChI=1S/C20H24N4O2/c1-23-9-7-21-19(23)14-4-3-8-24(12-14)13-16-10-15-11-17(26-2)5-6-18(15)22-20(16)25/h5-7,9-11,14H,3-4,8,12-13H2,1-2H3,(H,22,25)/t14-/m0/s1. The number of piperidine rings is 1. The number of aromatic nitrogens is 3. The molecule has 0 unspecified atom stereocenters. The molecule has 1 atom stereocenters. The molecule has 2 aromatic heterocycles. The Labute approximate surface area is 152 Å². The summed E-state index contributed by atoms with van der Waals surface area (Å²) < 4.78 is 7.40. The first kappa shape index (κ1) is 16.8. The Kier molecular flexibility index (Phi) is 4.51. The summed E-state index contributed by atoms with van der Waals surface area (Å²) in [5, 5.41) is 0.997. The van der Waals surface area contributed by atoms with E-state index in [4.69, 9.17) is 4.74 Å². The van der Waals surface area contributed by atoms with Gasteiger partial charge in [0.15, 0.2) is 0 Å². The summed E-state index contributed by atoms with van der Waals surface area (Å²) in [6.07, 6.45) is 6.12. The maximum absolute atomic E-state index is 12.5. The Morgan fingerprint density at radius 3 is 3.00 bits per heavy atom. The van der Waals surface area contributed by atoms with E-state index in [-0.39, 0.29) is 5.56 Å². The number of H-pyrrole nitrogens is 1. The molecule has 1 aromatic carbocycles. The lowest BCUT2D eigenvalue weighted by Crippen LogP contribution is -2.36. The van der Waals surface area contributed by atoms with Crippen molar-refractivity contribution in [2.45, 2.75) is 25.3 Å². The molecule has 6 nitrogen and oxygen atoms in total. The highest BCUT2D eigenvalue weighted by atomic mass is 16.5. The van der Waals surface area contributed by atoms with Crippen LogP contribution in [0.1, 0.15) is 30.1 Å². The van der Waals surface area contributed by atoms with Crippen molar-refractivity contribution in [3.05, 3.63) is 58.4 Å². The average Bonchev–Trinajstić information content (AvgIpc) is 3.08. The molecule has 3 aromatic rings. The van der Waals surface area contributed by atoms with Crippen molar-refractivity contribution in [1.29, 1.82) is 0 Å². The number of ether oxygens (including phenoxy) is 1. The van der Waals surface area contributed by atoms with Gasteiger partial charge in [-0.1, -0.05) is 0 Å². The number of hydrogen-bond donors (Lipinski definition) is 1. The lowest BCUT2D eigenvalue weighted by molar-refractivity contribution is 0.194. The number of hydrogen-bond acceptors (Lipinski definition) is 4. The van der Waals surface area contributed by atoms with Crippen LogP contribution >= 0.6 is 0 Å². The quantitative estimate of drug-likeness (QED) is 0.784. The molecule has 0 bridgehead atoms. The van der Waals surface area contributed by atoms with Crippen LogP contribution in [-0.2, 0) is 13.6 Å². The van der Waals surface area contributed by atoms with Crippen LogP contribution in [0.15, 0.2) is 41.5 Å². The molecule has 1 aliphatic rings. The molecule has 4 rings (SSSR count). The molecular weight excluding hydrogens is 328 g/mol. The second kappa shape index (κ2) is 6.96. The van der Waals surface area contributed by atoms with Crippen molar-refractivity contribution in [2.24, 2.45) is 7.05 Å². The van der Waals surface area contributed by atoms with Crippen LogP contribution in [0.25, 0.3) is 10.9 Å². The number of aryl methyl sites for hydroxylation is 1. The number of nitrogens with one attached hydrogen (secondary N) is 1. The Hall–Kier alpha value is -2.60. The van der Waals surface area contributed by atoms with Crippen molar-refractivity contribution in [1.82, 2.24) is 19.4 Å². The molecule has 0 spiro atoms. The van der Waals surface area contributed by atoms with E-state index in [2.05, 4.69) is 19.4 Å². The number of likely N-dealkylation sites (tertiary alicyclic amines) is 1. The predicted molar refractivity (Wildman–Crippen MR) is 102 cm³/mol. The molecule has 136 valence electrons. The summed E-state index contributed by atoms with van der Waals surface area (Å²) in [5.41, 5.74) is 1.62. The van der Waals surface area contributed by atoms with Gasteiger partial charge in [0.1, 0.15) is 11.6 Å². The molecule has 0 saturated carbocycles. The monoisotopic (exact) mass is 352 g/mol. The molecule has 3 heterocycles. The van der Waals surface area contributed by atoms with Crippen molar-refractivity contribution in [2.75, 3.05) is 20.2 Å². The maximum atomic E-state index is 12.5. The fourth-order valence-electron chi connectivity index (χ4n) is 3.90. The van der Waals surface area contributed by atoms with E-state index in [0.717, 1.165) is 54.0 Å². The van der Waals surface area contributed by atoms with Gasteiger partial charge in [0.05, 0.1) is 7.11 Å². The molecule has 1 saturated heterocycles. The number of nitrogens with zero attached hydrogens (tertiary/aromatic N) is 3. The molecular formula is C20H24N4O2. The van der Waals surface area contributed by atoms with Crippen molar-refractivity contribution in [3.8, 4) is 5.75 Å². The third-order valence-electron chi connectivity index (χ3n) is 5.25. The van der Waals surface area contributed by atoms with Crippen LogP contribution in [-0.4, -0.2) is 39.6 Å². The summed E-state index contributed by atoms with van der Waals surface area (Å²) in [5.74, 6) is 2.35. The van der Waals surface area contributed by atoms with Gasteiger partial charge in [0, 0.05) is 54.9 Å².